The van der Waals surface area contributed by atoms with E-state index in [1.807, 2.05) is 42.2 Å². The predicted molar refractivity (Wildman–Crippen MR) is 90.1 cm³/mol. The van der Waals surface area contributed by atoms with Crippen molar-refractivity contribution in [1.82, 2.24) is 4.90 Å². The maximum absolute atomic E-state index is 12.4. The zero-order chi connectivity index (χ0) is 16.8. The summed E-state index contributed by atoms with van der Waals surface area (Å²) in [7, 11) is 0. The van der Waals surface area contributed by atoms with Crippen LogP contribution in [0.5, 0.6) is 0 Å². The van der Waals surface area contributed by atoms with Gasteiger partial charge in [-0.2, -0.15) is 0 Å². The highest BCUT2D eigenvalue weighted by Gasteiger charge is 2.30. The van der Waals surface area contributed by atoms with Crippen LogP contribution >= 0.6 is 0 Å². The van der Waals surface area contributed by atoms with Gasteiger partial charge in [0.15, 0.2) is 6.61 Å². The van der Waals surface area contributed by atoms with Gasteiger partial charge < -0.3 is 9.64 Å². The molecule has 1 aliphatic rings. The van der Waals surface area contributed by atoms with Gasteiger partial charge >= 0.3 is 5.97 Å². The lowest BCUT2D eigenvalue weighted by Crippen LogP contribution is -2.49. The third-order valence-corrected chi connectivity index (χ3v) is 4.71. The molecule has 2 rings (SSSR count). The van der Waals surface area contributed by atoms with E-state index in [1.165, 1.54) is 0 Å². The zero-order valence-corrected chi connectivity index (χ0v) is 14.3. The fraction of sp³-hybridized carbons (Fsp3) is 0.579. The number of carbonyl (C=O) groups is 2. The summed E-state index contributed by atoms with van der Waals surface area (Å²) in [6.07, 6.45) is 3.85. The normalized spacial score (nSPS) is 22.5. The number of carbonyl (C=O) groups excluding carboxylic acids is 2. The van der Waals surface area contributed by atoms with E-state index >= 15 is 0 Å². The van der Waals surface area contributed by atoms with Crippen molar-refractivity contribution in [3.63, 3.8) is 0 Å². The molecule has 0 spiro atoms. The van der Waals surface area contributed by atoms with Gasteiger partial charge in [0.2, 0.25) is 0 Å². The maximum Gasteiger partial charge on any atom is 0.313 e. The number of rotatable bonds is 5. The molecule has 4 heteroatoms. The van der Waals surface area contributed by atoms with Crippen molar-refractivity contribution >= 4 is 11.9 Å². The van der Waals surface area contributed by atoms with Crippen LogP contribution < -0.4 is 0 Å². The van der Waals surface area contributed by atoms with Gasteiger partial charge in [0, 0.05) is 12.1 Å². The van der Waals surface area contributed by atoms with Crippen molar-refractivity contribution in [2.45, 2.75) is 64.5 Å². The van der Waals surface area contributed by atoms with E-state index in [-0.39, 0.29) is 36.5 Å². The molecule has 0 bridgehead atoms. The van der Waals surface area contributed by atoms with Gasteiger partial charge in [0.1, 0.15) is 0 Å². The molecule has 23 heavy (non-hydrogen) atoms. The molecule has 1 heterocycles. The molecular formula is C19H27NO3. The smallest absolute Gasteiger partial charge is 0.313 e. The van der Waals surface area contributed by atoms with Crippen LogP contribution in [-0.4, -0.2) is 35.5 Å². The van der Waals surface area contributed by atoms with E-state index < -0.39 is 0 Å². The monoisotopic (exact) mass is 317 g/mol. The molecule has 1 aromatic carbocycles. The molecule has 1 amide bonds. The number of hydrogen-bond donors (Lipinski definition) is 0. The van der Waals surface area contributed by atoms with Gasteiger partial charge in [-0.25, -0.2) is 0 Å². The summed E-state index contributed by atoms with van der Waals surface area (Å²) in [6, 6.07) is 10.0. The molecular weight excluding hydrogens is 290 g/mol. The van der Waals surface area contributed by atoms with Gasteiger partial charge in [0.25, 0.3) is 5.91 Å². The first-order valence-corrected chi connectivity index (χ1v) is 8.57. The molecule has 1 aliphatic heterocycles. The Morgan fingerprint density at radius 3 is 2.35 bits per heavy atom. The van der Waals surface area contributed by atoms with Gasteiger partial charge in [0.05, 0.1) is 5.92 Å². The first-order valence-electron chi connectivity index (χ1n) is 8.57. The lowest BCUT2D eigenvalue weighted by Gasteiger charge is -2.38. The Kier molecular flexibility index (Phi) is 6.20. The van der Waals surface area contributed by atoms with Crippen LogP contribution in [0.4, 0.5) is 0 Å². The standard InChI is InChI=1S/C19H27NO3/c1-4-17(16-11-6-5-7-12-16)19(22)23-13-18(21)20-14(2)9-8-10-15(20)3/h5-7,11-12,14-15,17H,4,8-10,13H2,1-3H3/t14-,15+,17-/m0/s1. The number of amides is 1. The molecule has 1 fully saturated rings. The van der Waals surface area contributed by atoms with E-state index in [0.29, 0.717) is 6.42 Å². The van der Waals surface area contributed by atoms with Crippen LogP contribution in [0.3, 0.4) is 0 Å². The van der Waals surface area contributed by atoms with Crippen molar-refractivity contribution in [1.29, 1.82) is 0 Å². The predicted octanol–water partition coefficient (Wildman–Crippen LogP) is 3.51. The number of likely N-dealkylation sites (tertiary alicyclic amines) is 1. The van der Waals surface area contributed by atoms with Crippen LogP contribution in [0.15, 0.2) is 30.3 Å². The molecule has 0 unspecified atom stereocenters. The molecule has 0 saturated carbocycles. The van der Waals surface area contributed by atoms with Crippen molar-refractivity contribution in [2.75, 3.05) is 6.61 Å². The van der Waals surface area contributed by atoms with Gasteiger partial charge in [-0.3, -0.25) is 9.59 Å². The molecule has 3 atom stereocenters. The topological polar surface area (TPSA) is 46.6 Å². The summed E-state index contributed by atoms with van der Waals surface area (Å²) in [6.45, 7) is 5.93. The number of hydrogen-bond acceptors (Lipinski definition) is 3. The lowest BCUT2D eigenvalue weighted by molar-refractivity contribution is -0.156. The minimum absolute atomic E-state index is 0.0824. The van der Waals surface area contributed by atoms with Crippen LogP contribution in [0.25, 0.3) is 0 Å². The Morgan fingerprint density at radius 1 is 1.17 bits per heavy atom. The molecule has 0 radical (unpaired) electrons. The van der Waals surface area contributed by atoms with Crippen LogP contribution in [-0.2, 0) is 14.3 Å². The average molecular weight is 317 g/mol. The number of nitrogens with zero attached hydrogens (tertiary/aromatic N) is 1. The molecule has 0 aliphatic carbocycles. The van der Waals surface area contributed by atoms with Gasteiger partial charge in [-0.05, 0) is 45.1 Å². The van der Waals surface area contributed by atoms with E-state index in [1.54, 1.807) is 0 Å². The molecule has 0 aromatic heterocycles. The van der Waals surface area contributed by atoms with Gasteiger partial charge in [-0.15, -0.1) is 0 Å². The molecule has 4 nitrogen and oxygen atoms in total. The second-order valence-corrected chi connectivity index (χ2v) is 6.41. The maximum atomic E-state index is 12.4. The minimum Gasteiger partial charge on any atom is -0.455 e. The molecule has 0 N–H and O–H groups in total. The van der Waals surface area contributed by atoms with Crippen LogP contribution in [0.2, 0.25) is 0 Å². The van der Waals surface area contributed by atoms with Crippen LogP contribution in [0, 0.1) is 0 Å². The fourth-order valence-electron chi connectivity index (χ4n) is 3.44. The number of benzene rings is 1. The van der Waals surface area contributed by atoms with Crippen molar-refractivity contribution < 1.29 is 14.3 Å². The summed E-state index contributed by atoms with van der Waals surface area (Å²) in [5.74, 6) is -0.703. The van der Waals surface area contributed by atoms with Gasteiger partial charge in [-0.1, -0.05) is 37.3 Å². The second-order valence-electron chi connectivity index (χ2n) is 6.41. The number of esters is 1. The average Bonchev–Trinajstić information content (AvgIpc) is 2.54. The van der Waals surface area contributed by atoms with Crippen LogP contribution in [0.1, 0.15) is 57.9 Å². The number of ether oxygens (including phenoxy) is 1. The Labute approximate surface area is 138 Å². The first-order chi connectivity index (χ1) is 11.0. The van der Waals surface area contributed by atoms with E-state index in [2.05, 4.69) is 13.8 Å². The van der Waals surface area contributed by atoms with Crippen molar-refractivity contribution in [3.8, 4) is 0 Å². The molecule has 1 saturated heterocycles. The Morgan fingerprint density at radius 2 is 1.78 bits per heavy atom. The van der Waals surface area contributed by atoms with E-state index in [9.17, 15) is 9.59 Å². The highest BCUT2D eigenvalue weighted by atomic mass is 16.5. The highest BCUT2D eigenvalue weighted by Crippen LogP contribution is 2.24. The summed E-state index contributed by atoms with van der Waals surface area (Å²) in [4.78, 5) is 26.6. The third-order valence-electron chi connectivity index (χ3n) is 4.71. The molecule has 1 aromatic rings. The fourth-order valence-corrected chi connectivity index (χ4v) is 3.44. The highest BCUT2D eigenvalue weighted by molar-refractivity contribution is 5.83. The largest absolute Gasteiger partial charge is 0.455 e. The summed E-state index contributed by atoms with van der Waals surface area (Å²) in [5.41, 5.74) is 0.937. The first kappa shape index (κ1) is 17.5. The second kappa shape index (κ2) is 8.14. The van der Waals surface area contributed by atoms with E-state index in [4.69, 9.17) is 4.74 Å². The quantitative estimate of drug-likeness (QED) is 0.781. The Bertz CT molecular complexity index is 519. The summed E-state index contributed by atoms with van der Waals surface area (Å²) in [5, 5.41) is 0. The summed E-state index contributed by atoms with van der Waals surface area (Å²) < 4.78 is 5.33. The third kappa shape index (κ3) is 4.34. The Balaban J connectivity index is 1.93. The zero-order valence-electron chi connectivity index (χ0n) is 14.3. The molecule has 126 valence electrons. The minimum atomic E-state index is -0.315. The SMILES string of the molecule is CC[C@H](C(=O)OCC(=O)N1[C@H](C)CCC[C@@H]1C)c1ccccc1. The lowest BCUT2D eigenvalue weighted by atomic mass is 9.97. The number of piperidine rings is 1. The Hall–Kier alpha value is -1.84. The summed E-state index contributed by atoms with van der Waals surface area (Å²) >= 11 is 0. The van der Waals surface area contributed by atoms with Crippen molar-refractivity contribution in [3.05, 3.63) is 35.9 Å². The van der Waals surface area contributed by atoms with E-state index in [0.717, 1.165) is 24.8 Å². The van der Waals surface area contributed by atoms with Crippen molar-refractivity contribution in [2.24, 2.45) is 0 Å².